The molecule has 6 nitrogen and oxygen atoms in total. The van der Waals surface area contributed by atoms with Crippen molar-refractivity contribution in [3.05, 3.63) is 86.8 Å². The second kappa shape index (κ2) is 10.5. The maximum atomic E-state index is 15.2. The molecular formula is C33H35FN2O4. The fourth-order valence-electron chi connectivity index (χ4n) is 5.54. The highest BCUT2D eigenvalue weighted by molar-refractivity contribution is 5.86. The van der Waals surface area contributed by atoms with Gasteiger partial charge in [-0.3, -0.25) is 9.59 Å². The number of fused-ring (bicyclic) bond motifs is 1. The Balaban J connectivity index is 1.58. The van der Waals surface area contributed by atoms with Gasteiger partial charge in [0, 0.05) is 29.9 Å². The van der Waals surface area contributed by atoms with E-state index in [0.29, 0.717) is 40.0 Å². The van der Waals surface area contributed by atoms with Crippen LogP contribution in [0.1, 0.15) is 66.7 Å². The highest BCUT2D eigenvalue weighted by Gasteiger charge is 2.29. The molecule has 0 amide bonds. The molecule has 1 atom stereocenters. The number of phenolic OH excluding ortho intramolecular Hbond substituents is 1. The molecule has 40 heavy (non-hydrogen) atoms. The van der Waals surface area contributed by atoms with Gasteiger partial charge in [0.05, 0.1) is 22.6 Å². The summed E-state index contributed by atoms with van der Waals surface area (Å²) in [5.41, 5.74) is 4.40. The Morgan fingerprint density at radius 2 is 1.82 bits per heavy atom. The maximum absolute atomic E-state index is 15.2. The summed E-state index contributed by atoms with van der Waals surface area (Å²) in [6.07, 6.45) is 2.58. The lowest BCUT2D eigenvalue weighted by Crippen LogP contribution is -2.38. The van der Waals surface area contributed by atoms with E-state index in [0.717, 1.165) is 37.1 Å². The normalized spacial score (nSPS) is 15.7. The van der Waals surface area contributed by atoms with E-state index < -0.39 is 5.82 Å². The average Bonchev–Trinajstić information content (AvgIpc) is 2.91. The van der Waals surface area contributed by atoms with Crippen molar-refractivity contribution >= 4 is 28.8 Å². The molecule has 0 radical (unpaired) electrons. The minimum atomic E-state index is -0.470. The van der Waals surface area contributed by atoms with Crippen molar-refractivity contribution in [2.24, 2.45) is 5.41 Å². The lowest BCUT2D eigenvalue weighted by molar-refractivity contribution is 0.112. The monoisotopic (exact) mass is 542 g/mol. The van der Waals surface area contributed by atoms with E-state index >= 15 is 4.39 Å². The number of carbonyl (C=O) groups excluding carboxylic acids is 1. The van der Waals surface area contributed by atoms with Crippen LogP contribution in [0.3, 0.4) is 0 Å². The first kappa shape index (κ1) is 27.4. The Labute approximate surface area is 233 Å². The first-order valence-corrected chi connectivity index (χ1v) is 13.7. The van der Waals surface area contributed by atoms with Gasteiger partial charge in [0.15, 0.2) is 11.7 Å². The smallest absolute Gasteiger partial charge is 0.202 e. The number of halogens is 1. The molecule has 1 saturated heterocycles. The van der Waals surface area contributed by atoms with Gasteiger partial charge in [-0.05, 0) is 80.5 Å². The van der Waals surface area contributed by atoms with Gasteiger partial charge >= 0.3 is 0 Å². The molecule has 0 unspecified atom stereocenters. The van der Waals surface area contributed by atoms with Gasteiger partial charge in [-0.2, -0.15) is 0 Å². The zero-order chi connectivity index (χ0) is 28.8. The first-order chi connectivity index (χ1) is 19.0. The predicted octanol–water partition coefficient (Wildman–Crippen LogP) is 7.53. The van der Waals surface area contributed by atoms with Gasteiger partial charge < -0.3 is 19.7 Å². The molecule has 0 aliphatic carbocycles. The summed E-state index contributed by atoms with van der Waals surface area (Å²) in [7, 11) is 0. The lowest BCUT2D eigenvalue weighted by Gasteiger charge is -2.37. The van der Waals surface area contributed by atoms with E-state index in [4.69, 9.17) is 4.42 Å². The Morgan fingerprint density at radius 1 is 1.10 bits per heavy atom. The third-order valence-electron chi connectivity index (χ3n) is 8.07. The molecule has 208 valence electrons. The Hall–Kier alpha value is -4.13. The zero-order valence-electron chi connectivity index (χ0n) is 23.6. The fraction of sp³-hybridized carbons (Fsp3) is 0.333. The first-order valence-electron chi connectivity index (χ1n) is 13.7. The van der Waals surface area contributed by atoms with Crippen LogP contribution in [0.2, 0.25) is 0 Å². The number of rotatable bonds is 6. The number of hydrogen-bond donors (Lipinski definition) is 2. The molecule has 2 heterocycles. The van der Waals surface area contributed by atoms with Gasteiger partial charge in [0.25, 0.3) is 0 Å². The largest absolute Gasteiger partial charge is 0.507 e. The standard InChI is InChI=1S/C33H35FN2O4/c1-19-15-24(31-25(16-19)30(39)20(2)32(40-31)36-13-11-33(4,5)12-14-36)21(3)35-27-8-6-7-26(34)29(27)22-9-10-23(18-37)28(38)17-22/h6-10,15-18,21,35,38H,11-14H2,1-5H3/t21-/m1/s1. The van der Waals surface area contributed by atoms with Crippen LogP contribution in [-0.2, 0) is 0 Å². The molecule has 1 aliphatic heterocycles. The maximum Gasteiger partial charge on any atom is 0.202 e. The number of benzene rings is 3. The van der Waals surface area contributed by atoms with E-state index in [2.05, 4.69) is 24.1 Å². The molecule has 3 aromatic carbocycles. The van der Waals surface area contributed by atoms with Crippen LogP contribution < -0.4 is 15.6 Å². The number of aryl methyl sites for hydroxylation is 1. The van der Waals surface area contributed by atoms with Crippen LogP contribution in [0.4, 0.5) is 16.0 Å². The minimum absolute atomic E-state index is 0.0459. The third-order valence-corrected chi connectivity index (χ3v) is 8.07. The molecule has 4 aromatic rings. The molecule has 1 aliphatic rings. The number of hydrogen-bond acceptors (Lipinski definition) is 6. The summed E-state index contributed by atoms with van der Waals surface area (Å²) in [6, 6.07) is 12.7. The molecule has 1 aromatic heterocycles. The highest BCUT2D eigenvalue weighted by atomic mass is 19.1. The van der Waals surface area contributed by atoms with Gasteiger partial charge in [0.1, 0.15) is 17.1 Å². The van der Waals surface area contributed by atoms with Crippen molar-refractivity contribution in [3.63, 3.8) is 0 Å². The van der Waals surface area contributed by atoms with Crippen LogP contribution in [0.25, 0.3) is 22.1 Å². The van der Waals surface area contributed by atoms with Crippen LogP contribution in [0, 0.1) is 25.1 Å². The number of anilines is 2. The SMILES string of the molecule is Cc1cc([C@@H](C)Nc2cccc(F)c2-c2ccc(C=O)c(O)c2)c2oc(N3CCC(C)(C)CC3)c(C)c(=O)c2c1. The predicted molar refractivity (Wildman–Crippen MR) is 158 cm³/mol. The number of aromatic hydroxyl groups is 1. The van der Waals surface area contributed by atoms with Gasteiger partial charge in [-0.25, -0.2) is 4.39 Å². The topological polar surface area (TPSA) is 82.8 Å². The molecule has 1 fully saturated rings. The summed E-state index contributed by atoms with van der Waals surface area (Å²) >= 11 is 0. The number of aldehydes is 1. The quantitative estimate of drug-likeness (QED) is 0.245. The van der Waals surface area contributed by atoms with Gasteiger partial charge in [0.2, 0.25) is 5.88 Å². The zero-order valence-corrected chi connectivity index (χ0v) is 23.6. The molecule has 5 rings (SSSR count). The number of phenols is 1. The molecular weight excluding hydrogens is 507 g/mol. The van der Waals surface area contributed by atoms with Crippen LogP contribution in [-0.4, -0.2) is 24.5 Å². The van der Waals surface area contributed by atoms with Gasteiger partial charge in [-0.1, -0.05) is 32.0 Å². The molecule has 0 bridgehead atoms. The summed E-state index contributed by atoms with van der Waals surface area (Å²) in [6.45, 7) is 11.9. The van der Waals surface area contributed by atoms with Crippen LogP contribution in [0.15, 0.2) is 57.7 Å². The van der Waals surface area contributed by atoms with Crippen molar-refractivity contribution in [2.75, 3.05) is 23.3 Å². The minimum Gasteiger partial charge on any atom is -0.507 e. The molecule has 0 spiro atoms. The number of carbonyl (C=O) groups is 1. The fourth-order valence-corrected chi connectivity index (χ4v) is 5.54. The highest BCUT2D eigenvalue weighted by Crippen LogP contribution is 2.38. The second-order valence-electron chi connectivity index (χ2n) is 11.7. The van der Waals surface area contributed by atoms with E-state index in [1.165, 1.54) is 18.2 Å². The number of nitrogens with one attached hydrogen (secondary N) is 1. The van der Waals surface area contributed by atoms with E-state index in [-0.39, 0.29) is 33.8 Å². The van der Waals surface area contributed by atoms with Crippen molar-refractivity contribution in [1.82, 2.24) is 0 Å². The van der Waals surface area contributed by atoms with Crippen molar-refractivity contribution in [1.29, 1.82) is 0 Å². The average molecular weight is 543 g/mol. The summed E-state index contributed by atoms with van der Waals surface area (Å²) in [5.74, 6) is -0.0743. The van der Waals surface area contributed by atoms with Crippen molar-refractivity contribution in [3.8, 4) is 16.9 Å². The van der Waals surface area contributed by atoms with Gasteiger partial charge in [-0.15, -0.1) is 0 Å². The van der Waals surface area contributed by atoms with Crippen LogP contribution in [0.5, 0.6) is 5.75 Å². The summed E-state index contributed by atoms with van der Waals surface area (Å²) < 4.78 is 21.7. The van der Waals surface area contributed by atoms with Crippen LogP contribution >= 0.6 is 0 Å². The van der Waals surface area contributed by atoms with E-state index in [1.807, 2.05) is 32.9 Å². The van der Waals surface area contributed by atoms with Crippen molar-refractivity contribution < 1.29 is 18.7 Å². The number of nitrogens with zero attached hydrogens (tertiary/aromatic N) is 1. The Kier molecular flexibility index (Phi) is 7.17. The van der Waals surface area contributed by atoms with Crippen molar-refractivity contribution in [2.45, 2.75) is 53.5 Å². The third kappa shape index (κ3) is 5.08. The summed E-state index contributed by atoms with van der Waals surface area (Å²) in [4.78, 5) is 26.9. The van der Waals surface area contributed by atoms with E-state index in [1.54, 1.807) is 18.2 Å². The summed E-state index contributed by atoms with van der Waals surface area (Å²) in [5, 5.41) is 14.2. The molecule has 2 N–H and O–H groups in total. The Bertz CT molecular complexity index is 1660. The molecule has 7 heteroatoms. The van der Waals surface area contributed by atoms with E-state index in [9.17, 15) is 14.7 Å². The number of piperidine rings is 1. The second-order valence-corrected chi connectivity index (χ2v) is 11.7. The Morgan fingerprint density at radius 3 is 2.50 bits per heavy atom. The molecule has 0 saturated carbocycles. The lowest BCUT2D eigenvalue weighted by atomic mass is 9.82.